The van der Waals surface area contributed by atoms with Gasteiger partial charge in [-0.3, -0.25) is 9.36 Å². The van der Waals surface area contributed by atoms with Gasteiger partial charge < -0.3 is 5.32 Å². The number of fused-ring (bicyclic) bond motifs is 1. The number of hydrogen-bond acceptors (Lipinski definition) is 3. The fourth-order valence-electron chi connectivity index (χ4n) is 3.09. The Morgan fingerprint density at radius 2 is 1.61 bits per heavy atom. The molecular formula is C22H16FN3O2. The summed E-state index contributed by atoms with van der Waals surface area (Å²) in [5, 5.41) is 3.25. The maximum absolute atomic E-state index is 13.8. The SMILES string of the molecule is O=C(Cn1c(=O)nc(-c2ccccc2)c2ccccc21)Nc1ccccc1F. The predicted molar refractivity (Wildman–Crippen MR) is 106 cm³/mol. The smallest absolute Gasteiger partial charge is 0.322 e. The highest BCUT2D eigenvalue weighted by Gasteiger charge is 2.15. The lowest BCUT2D eigenvalue weighted by Gasteiger charge is -2.13. The van der Waals surface area contributed by atoms with E-state index in [2.05, 4.69) is 10.3 Å². The first-order valence-corrected chi connectivity index (χ1v) is 8.73. The molecule has 0 saturated carbocycles. The van der Waals surface area contributed by atoms with Gasteiger partial charge in [-0.1, -0.05) is 60.7 Å². The number of carbonyl (C=O) groups is 1. The molecule has 0 atom stereocenters. The van der Waals surface area contributed by atoms with Crippen LogP contribution in [0.4, 0.5) is 10.1 Å². The number of nitrogens with one attached hydrogen (secondary N) is 1. The molecule has 4 aromatic rings. The van der Waals surface area contributed by atoms with Crippen LogP contribution in [0.3, 0.4) is 0 Å². The molecule has 138 valence electrons. The average Bonchev–Trinajstić information content (AvgIpc) is 2.72. The summed E-state index contributed by atoms with van der Waals surface area (Å²) < 4.78 is 15.1. The molecule has 0 radical (unpaired) electrons. The van der Waals surface area contributed by atoms with Gasteiger partial charge in [0.15, 0.2) is 0 Å². The molecule has 1 heterocycles. The molecule has 0 bridgehead atoms. The third-order valence-corrected chi connectivity index (χ3v) is 4.39. The van der Waals surface area contributed by atoms with Crippen LogP contribution in [-0.4, -0.2) is 15.5 Å². The van der Waals surface area contributed by atoms with Gasteiger partial charge >= 0.3 is 5.69 Å². The molecule has 1 aromatic heterocycles. The largest absolute Gasteiger partial charge is 0.349 e. The van der Waals surface area contributed by atoms with E-state index >= 15 is 0 Å². The Kier molecular flexibility index (Phi) is 4.68. The monoisotopic (exact) mass is 373 g/mol. The molecule has 0 spiro atoms. The summed E-state index contributed by atoms with van der Waals surface area (Å²) in [6.45, 7) is -0.268. The van der Waals surface area contributed by atoms with Crippen molar-refractivity contribution >= 4 is 22.5 Å². The van der Waals surface area contributed by atoms with E-state index in [0.717, 1.165) is 10.9 Å². The molecule has 4 rings (SSSR count). The Bertz CT molecular complexity index is 1220. The van der Waals surface area contributed by atoms with Gasteiger partial charge in [0.25, 0.3) is 0 Å². The standard InChI is InChI=1S/C22H16FN3O2/c23-17-11-5-6-12-18(17)24-20(27)14-26-19-13-7-4-10-16(19)21(25-22(26)28)15-8-2-1-3-9-15/h1-13H,14H2,(H,24,27). The number of benzene rings is 3. The van der Waals surface area contributed by atoms with Gasteiger partial charge in [0.2, 0.25) is 5.91 Å². The lowest BCUT2D eigenvalue weighted by Crippen LogP contribution is -2.30. The van der Waals surface area contributed by atoms with Crippen LogP contribution in [-0.2, 0) is 11.3 Å². The molecule has 28 heavy (non-hydrogen) atoms. The quantitative estimate of drug-likeness (QED) is 0.591. The highest BCUT2D eigenvalue weighted by molar-refractivity contribution is 5.95. The highest BCUT2D eigenvalue weighted by Crippen LogP contribution is 2.25. The van der Waals surface area contributed by atoms with Crippen molar-refractivity contribution in [3.05, 3.63) is 95.2 Å². The maximum atomic E-state index is 13.8. The lowest BCUT2D eigenvalue weighted by atomic mass is 10.1. The Labute approximate surface area is 160 Å². The molecule has 6 heteroatoms. The Morgan fingerprint density at radius 3 is 2.39 bits per heavy atom. The number of para-hydroxylation sites is 2. The molecule has 1 amide bonds. The summed E-state index contributed by atoms with van der Waals surface area (Å²) in [7, 11) is 0. The van der Waals surface area contributed by atoms with Gasteiger partial charge in [-0.05, 0) is 18.2 Å². The summed E-state index contributed by atoms with van der Waals surface area (Å²) in [4.78, 5) is 29.3. The van der Waals surface area contributed by atoms with E-state index in [1.54, 1.807) is 18.2 Å². The van der Waals surface area contributed by atoms with Crippen molar-refractivity contribution in [2.75, 3.05) is 5.32 Å². The number of rotatable bonds is 4. The number of nitrogens with zero attached hydrogens (tertiary/aromatic N) is 2. The summed E-state index contributed by atoms with van der Waals surface area (Å²) in [5.74, 6) is -1.04. The number of hydrogen-bond donors (Lipinski definition) is 1. The second-order valence-electron chi connectivity index (χ2n) is 6.24. The maximum Gasteiger partial charge on any atom is 0.349 e. The zero-order valence-electron chi connectivity index (χ0n) is 14.8. The Morgan fingerprint density at radius 1 is 0.929 bits per heavy atom. The second kappa shape index (κ2) is 7.44. The minimum atomic E-state index is -0.541. The molecule has 5 nitrogen and oxygen atoms in total. The van der Waals surface area contributed by atoms with Crippen molar-refractivity contribution in [1.29, 1.82) is 0 Å². The number of anilines is 1. The van der Waals surface area contributed by atoms with E-state index < -0.39 is 17.4 Å². The zero-order valence-corrected chi connectivity index (χ0v) is 14.8. The van der Waals surface area contributed by atoms with Crippen LogP contribution in [0, 0.1) is 5.82 Å². The Balaban J connectivity index is 1.74. The third-order valence-electron chi connectivity index (χ3n) is 4.39. The normalized spacial score (nSPS) is 10.8. The van der Waals surface area contributed by atoms with Crippen LogP contribution in [0.15, 0.2) is 83.7 Å². The summed E-state index contributed by atoms with van der Waals surface area (Å²) in [6, 6.07) is 22.5. The van der Waals surface area contributed by atoms with Gasteiger partial charge in [0.05, 0.1) is 16.9 Å². The fourth-order valence-corrected chi connectivity index (χ4v) is 3.09. The first-order chi connectivity index (χ1) is 13.6. The van der Waals surface area contributed by atoms with E-state index in [1.807, 2.05) is 42.5 Å². The van der Waals surface area contributed by atoms with Crippen molar-refractivity contribution in [1.82, 2.24) is 9.55 Å². The van der Waals surface area contributed by atoms with Crippen LogP contribution < -0.4 is 11.0 Å². The van der Waals surface area contributed by atoms with Crippen molar-refractivity contribution in [3.8, 4) is 11.3 Å². The van der Waals surface area contributed by atoms with E-state index in [4.69, 9.17) is 0 Å². The molecule has 3 aromatic carbocycles. The second-order valence-corrected chi connectivity index (χ2v) is 6.24. The van der Waals surface area contributed by atoms with Gasteiger partial charge in [-0.25, -0.2) is 9.18 Å². The van der Waals surface area contributed by atoms with E-state index in [-0.39, 0.29) is 12.2 Å². The molecule has 0 aliphatic heterocycles. The van der Waals surface area contributed by atoms with E-state index in [0.29, 0.717) is 11.2 Å². The lowest BCUT2D eigenvalue weighted by molar-refractivity contribution is -0.116. The first kappa shape index (κ1) is 17.6. The molecule has 0 aliphatic carbocycles. The van der Waals surface area contributed by atoms with Crippen molar-refractivity contribution in [2.24, 2.45) is 0 Å². The molecule has 0 unspecified atom stereocenters. The van der Waals surface area contributed by atoms with Crippen LogP contribution in [0.2, 0.25) is 0 Å². The minimum absolute atomic E-state index is 0.0683. The molecule has 0 aliphatic rings. The van der Waals surface area contributed by atoms with Gasteiger partial charge in [-0.2, -0.15) is 4.98 Å². The Hall–Kier alpha value is -3.80. The van der Waals surface area contributed by atoms with Crippen LogP contribution >= 0.6 is 0 Å². The number of amides is 1. The number of carbonyl (C=O) groups excluding carboxylic acids is 1. The van der Waals surface area contributed by atoms with E-state index in [1.165, 1.54) is 22.8 Å². The minimum Gasteiger partial charge on any atom is -0.322 e. The van der Waals surface area contributed by atoms with Crippen molar-refractivity contribution in [3.63, 3.8) is 0 Å². The topological polar surface area (TPSA) is 64.0 Å². The van der Waals surface area contributed by atoms with Crippen LogP contribution in [0.1, 0.15) is 0 Å². The van der Waals surface area contributed by atoms with Gasteiger partial charge in [0, 0.05) is 10.9 Å². The predicted octanol–water partition coefficient (Wildman–Crippen LogP) is 3.84. The van der Waals surface area contributed by atoms with Crippen molar-refractivity contribution < 1.29 is 9.18 Å². The molecule has 1 N–H and O–H groups in total. The van der Waals surface area contributed by atoms with Crippen molar-refractivity contribution in [2.45, 2.75) is 6.54 Å². The summed E-state index contributed by atoms with van der Waals surface area (Å²) >= 11 is 0. The zero-order chi connectivity index (χ0) is 19.5. The van der Waals surface area contributed by atoms with Crippen LogP contribution in [0.5, 0.6) is 0 Å². The summed E-state index contributed by atoms with van der Waals surface area (Å²) in [6.07, 6.45) is 0. The first-order valence-electron chi connectivity index (χ1n) is 8.73. The number of aromatic nitrogens is 2. The average molecular weight is 373 g/mol. The van der Waals surface area contributed by atoms with E-state index in [9.17, 15) is 14.0 Å². The molecular weight excluding hydrogens is 357 g/mol. The van der Waals surface area contributed by atoms with Gasteiger partial charge in [-0.15, -0.1) is 0 Å². The molecule has 0 saturated heterocycles. The highest BCUT2D eigenvalue weighted by atomic mass is 19.1. The van der Waals surface area contributed by atoms with Crippen LogP contribution in [0.25, 0.3) is 22.2 Å². The third kappa shape index (κ3) is 3.40. The fraction of sp³-hybridized carbons (Fsp3) is 0.0455. The summed E-state index contributed by atoms with van der Waals surface area (Å²) in [5.41, 5.74) is 1.50. The molecule has 0 fully saturated rings. The number of halogens is 1. The van der Waals surface area contributed by atoms with Gasteiger partial charge in [0.1, 0.15) is 12.4 Å².